The number of hydrogen-bond donors (Lipinski definition) is 1. The molecule has 4 nitrogen and oxygen atoms in total. The van der Waals surface area contributed by atoms with Crippen LogP contribution < -0.4 is 91.2 Å². The second kappa shape index (κ2) is 13.7. The van der Waals surface area contributed by atoms with Crippen molar-refractivity contribution in [1.29, 1.82) is 0 Å². The van der Waals surface area contributed by atoms with Crippen LogP contribution in [0, 0.1) is 0 Å². The van der Waals surface area contributed by atoms with Gasteiger partial charge in [-0.1, -0.05) is 0 Å². The zero-order chi connectivity index (χ0) is 7.44. The van der Waals surface area contributed by atoms with Gasteiger partial charge in [-0.3, -0.25) is 0 Å². The molecule has 0 aliphatic heterocycles. The van der Waals surface area contributed by atoms with Crippen LogP contribution in [0.5, 0.6) is 0 Å². The minimum atomic E-state index is -1.50. The van der Waals surface area contributed by atoms with Crippen LogP contribution in [-0.2, 0) is 32.0 Å². The molecule has 0 saturated carbocycles. The van der Waals surface area contributed by atoms with Gasteiger partial charge in [0.25, 0.3) is 0 Å². The van der Waals surface area contributed by atoms with E-state index in [9.17, 15) is 19.8 Å². The molecule has 60 valence electrons. The summed E-state index contributed by atoms with van der Waals surface area (Å²) in [6, 6.07) is 0. The molecule has 0 aliphatic rings. The molecule has 0 N–H and O–H groups in total. The van der Waals surface area contributed by atoms with Crippen LogP contribution in [0.4, 0.5) is 0 Å². The minimum Gasteiger partial charge on any atom is -0.550 e. The summed E-state index contributed by atoms with van der Waals surface area (Å²) in [6.07, 6.45) is -0.620. The molecule has 1 atom stereocenters. The van der Waals surface area contributed by atoms with Crippen molar-refractivity contribution in [3.8, 4) is 0 Å². The van der Waals surface area contributed by atoms with E-state index in [-0.39, 0.29) is 103 Å². The zero-order valence-electron chi connectivity index (χ0n) is 6.67. The number of carbonyl (C=O) groups is 2. The number of hydrogen-bond acceptors (Lipinski definition) is 5. The van der Waals surface area contributed by atoms with Gasteiger partial charge in [0.15, 0.2) is 0 Å². The molecule has 8 heteroatoms. The molecule has 0 heterocycles. The number of aliphatic carboxylic acids is 2. The molecule has 12 heavy (non-hydrogen) atoms. The Morgan fingerprint density at radius 1 is 1.33 bits per heavy atom. The zero-order valence-corrected chi connectivity index (χ0v) is 14.9. The van der Waals surface area contributed by atoms with E-state index in [1.165, 1.54) is 0 Å². The van der Waals surface area contributed by atoms with Crippen LogP contribution in [0.1, 0.15) is 6.42 Å². The molecule has 0 aromatic rings. The van der Waals surface area contributed by atoms with Crippen LogP contribution in [0.25, 0.3) is 0 Å². The van der Waals surface area contributed by atoms with E-state index in [1.54, 1.807) is 0 Å². The molecule has 0 aliphatic carbocycles. The van der Waals surface area contributed by atoms with Crippen molar-refractivity contribution in [2.75, 3.05) is 0 Å². The molecular formula is C4H4AuKNaO4S+3. The monoisotopic (exact) mass is 407 g/mol. The SMILES string of the molecule is O=C([O-])CC(S)C(=O)[O-].[Au+3].[K+].[Na+]. The second-order valence-corrected chi connectivity index (χ2v) is 2.03. The van der Waals surface area contributed by atoms with Gasteiger partial charge in [0.2, 0.25) is 0 Å². The summed E-state index contributed by atoms with van der Waals surface area (Å²) in [5.74, 6) is -2.94. The first-order valence-electron chi connectivity index (χ1n) is 2.13. The summed E-state index contributed by atoms with van der Waals surface area (Å²) in [5.41, 5.74) is 0. The van der Waals surface area contributed by atoms with E-state index in [4.69, 9.17) is 0 Å². The molecule has 0 rings (SSSR count). The second-order valence-electron chi connectivity index (χ2n) is 1.41. The van der Waals surface area contributed by atoms with Crippen molar-refractivity contribution < 1.29 is 123 Å². The van der Waals surface area contributed by atoms with Crippen molar-refractivity contribution in [3.63, 3.8) is 0 Å². The fourth-order valence-electron chi connectivity index (χ4n) is 0.241. The fourth-order valence-corrected chi connectivity index (χ4v) is 0.390. The Morgan fingerprint density at radius 2 is 1.67 bits per heavy atom. The summed E-state index contributed by atoms with van der Waals surface area (Å²) in [7, 11) is 0. The quantitative estimate of drug-likeness (QED) is 0.373. The van der Waals surface area contributed by atoms with Crippen LogP contribution in [0.2, 0.25) is 0 Å². The normalized spacial score (nSPS) is 9.42. The average molecular weight is 407 g/mol. The Hall–Kier alpha value is 2.67. The van der Waals surface area contributed by atoms with Gasteiger partial charge in [-0.2, -0.15) is 12.6 Å². The van der Waals surface area contributed by atoms with Crippen LogP contribution >= 0.6 is 12.6 Å². The maximum absolute atomic E-state index is 9.76. The standard InChI is InChI=1S/C4H6O4S.Au.K.Na/c5-3(6)1-2(9)4(7)8;;;/h2,9H,1H2,(H,5,6)(H,7,8);;;/q;+3;2*+1/p-2. The van der Waals surface area contributed by atoms with Gasteiger partial charge in [-0.05, 0) is 0 Å². The smallest absolute Gasteiger partial charge is 0.550 e. The predicted octanol–water partition coefficient (Wildman–Crippen LogP) is -8.82. The molecule has 0 amide bonds. The van der Waals surface area contributed by atoms with E-state index in [0.29, 0.717) is 0 Å². The Kier molecular flexibility index (Phi) is 27.4. The van der Waals surface area contributed by atoms with Gasteiger partial charge < -0.3 is 19.8 Å². The Morgan fingerprint density at radius 3 is 1.75 bits per heavy atom. The molecule has 0 saturated heterocycles. The van der Waals surface area contributed by atoms with E-state index < -0.39 is 23.6 Å². The van der Waals surface area contributed by atoms with Gasteiger partial charge in [0, 0.05) is 17.6 Å². The van der Waals surface area contributed by atoms with Crippen molar-refractivity contribution in [2.24, 2.45) is 0 Å². The number of carboxylic acid groups (broad SMARTS) is 2. The largest absolute Gasteiger partial charge is 3.00 e. The summed E-state index contributed by atoms with van der Waals surface area (Å²) in [5, 5.41) is 18.2. The topological polar surface area (TPSA) is 80.3 Å². The van der Waals surface area contributed by atoms with Crippen molar-refractivity contribution in [2.45, 2.75) is 11.7 Å². The first kappa shape index (κ1) is 24.1. The maximum Gasteiger partial charge on any atom is 3.00 e. The fraction of sp³-hybridized carbons (Fsp3) is 0.500. The van der Waals surface area contributed by atoms with Gasteiger partial charge in [-0.15, -0.1) is 0 Å². The number of rotatable bonds is 3. The molecule has 0 aromatic heterocycles. The van der Waals surface area contributed by atoms with Crippen molar-refractivity contribution in [1.82, 2.24) is 0 Å². The number of thiol groups is 1. The molecule has 0 aromatic carbocycles. The molecular weight excluding hydrogens is 403 g/mol. The van der Waals surface area contributed by atoms with Crippen molar-refractivity contribution in [3.05, 3.63) is 0 Å². The Labute approximate surface area is 156 Å². The Balaban J connectivity index is -0.000000107. The van der Waals surface area contributed by atoms with Crippen LogP contribution in [0.3, 0.4) is 0 Å². The molecule has 0 radical (unpaired) electrons. The summed E-state index contributed by atoms with van der Waals surface area (Å²) >= 11 is 3.38. The van der Waals surface area contributed by atoms with Gasteiger partial charge >= 0.3 is 103 Å². The van der Waals surface area contributed by atoms with Gasteiger partial charge in [-0.25, -0.2) is 0 Å². The number of carbonyl (C=O) groups excluding carboxylic acids is 2. The third-order valence-corrected chi connectivity index (χ3v) is 1.03. The molecule has 1 unspecified atom stereocenters. The third kappa shape index (κ3) is 15.2. The summed E-state index contributed by atoms with van der Waals surface area (Å²) in [4.78, 5) is 19.4. The third-order valence-electron chi connectivity index (χ3n) is 0.632. The minimum absolute atomic E-state index is 0. The molecule has 0 fully saturated rings. The van der Waals surface area contributed by atoms with E-state index in [2.05, 4.69) is 12.6 Å². The van der Waals surface area contributed by atoms with Gasteiger partial charge in [0.05, 0.1) is 5.97 Å². The van der Waals surface area contributed by atoms with E-state index in [1.807, 2.05) is 0 Å². The summed E-state index contributed by atoms with van der Waals surface area (Å²) < 4.78 is 0. The maximum atomic E-state index is 9.76. The van der Waals surface area contributed by atoms with E-state index in [0.717, 1.165) is 0 Å². The van der Waals surface area contributed by atoms with Gasteiger partial charge in [0.1, 0.15) is 0 Å². The first-order valence-corrected chi connectivity index (χ1v) is 2.64. The van der Waals surface area contributed by atoms with E-state index >= 15 is 0 Å². The van der Waals surface area contributed by atoms with Crippen LogP contribution in [0.15, 0.2) is 0 Å². The molecule has 0 bridgehead atoms. The van der Waals surface area contributed by atoms with Crippen LogP contribution in [-0.4, -0.2) is 17.2 Å². The predicted molar refractivity (Wildman–Crippen MR) is 27.4 cm³/mol. The number of carboxylic acids is 2. The molecule has 0 spiro atoms. The average Bonchev–Trinajstić information content (AvgIpc) is 1.63. The first-order chi connectivity index (χ1) is 4.04. The summed E-state index contributed by atoms with van der Waals surface area (Å²) in [6.45, 7) is 0. The van der Waals surface area contributed by atoms with Crippen molar-refractivity contribution >= 4 is 24.6 Å². The Bertz CT molecular complexity index is 147.